The van der Waals surface area contributed by atoms with Crippen molar-refractivity contribution in [2.45, 2.75) is 26.7 Å². The highest BCUT2D eigenvalue weighted by molar-refractivity contribution is 5.99. The van der Waals surface area contributed by atoms with Crippen LogP contribution < -0.4 is 9.47 Å². The van der Waals surface area contributed by atoms with Crippen LogP contribution in [0.2, 0.25) is 0 Å². The fraction of sp³-hybridized carbons (Fsp3) is 0.409. The van der Waals surface area contributed by atoms with Crippen LogP contribution in [0.15, 0.2) is 48.5 Å². The Morgan fingerprint density at radius 1 is 1.00 bits per heavy atom. The molecule has 0 atom stereocenters. The third-order valence-corrected chi connectivity index (χ3v) is 4.53. The van der Waals surface area contributed by atoms with Gasteiger partial charge in [-0.2, -0.15) is 0 Å². The summed E-state index contributed by atoms with van der Waals surface area (Å²) in [5.41, 5.74) is 1.76. The molecule has 148 valence electrons. The summed E-state index contributed by atoms with van der Waals surface area (Å²) >= 11 is 0. The van der Waals surface area contributed by atoms with Crippen LogP contribution in [0.5, 0.6) is 11.5 Å². The number of hydrogen-bond acceptors (Lipinski definition) is 4. The van der Waals surface area contributed by atoms with E-state index in [-0.39, 0.29) is 18.2 Å². The van der Waals surface area contributed by atoms with Gasteiger partial charge in [0.05, 0.1) is 12.7 Å². The van der Waals surface area contributed by atoms with Gasteiger partial charge in [0.1, 0.15) is 6.61 Å². The normalized spacial score (nSPS) is 10.4. The summed E-state index contributed by atoms with van der Waals surface area (Å²) in [5, 5.41) is 0. The van der Waals surface area contributed by atoms with Gasteiger partial charge in [-0.3, -0.25) is 4.79 Å². The number of carbonyl (C=O) groups excluding carboxylic acids is 1. The standard InChI is InChI=1S/C22H29NO3.ClH/c1-4-23(5-2)16-17-26-22-19(12-9-13-21(22)25-3)20(24)15-14-18-10-7-6-8-11-18;/h6-13H,4-5,14-17H2,1-3H3;1H. The van der Waals surface area contributed by atoms with Gasteiger partial charge in [-0.1, -0.05) is 50.2 Å². The Hall–Kier alpha value is -2.04. The van der Waals surface area contributed by atoms with Gasteiger partial charge < -0.3 is 14.4 Å². The summed E-state index contributed by atoms with van der Waals surface area (Å²) in [6, 6.07) is 15.5. The quantitative estimate of drug-likeness (QED) is 0.522. The second-order valence-corrected chi connectivity index (χ2v) is 6.12. The lowest BCUT2D eigenvalue weighted by Gasteiger charge is -2.20. The first-order valence-corrected chi connectivity index (χ1v) is 9.28. The van der Waals surface area contributed by atoms with E-state index in [2.05, 4.69) is 18.7 Å². The van der Waals surface area contributed by atoms with Crippen molar-refractivity contribution in [1.29, 1.82) is 0 Å². The second kappa shape index (κ2) is 12.4. The third-order valence-electron chi connectivity index (χ3n) is 4.53. The molecule has 0 bridgehead atoms. The highest BCUT2D eigenvalue weighted by atomic mass is 35.5. The van der Waals surface area contributed by atoms with Crippen LogP contribution in [0.3, 0.4) is 0 Å². The molecule has 5 heteroatoms. The third kappa shape index (κ3) is 6.89. The number of hydrogen-bond donors (Lipinski definition) is 0. The van der Waals surface area contributed by atoms with E-state index in [0.717, 1.165) is 31.6 Å². The summed E-state index contributed by atoms with van der Waals surface area (Å²) in [7, 11) is 1.60. The molecule has 0 radical (unpaired) electrons. The van der Waals surface area contributed by atoms with Gasteiger partial charge >= 0.3 is 0 Å². The van der Waals surface area contributed by atoms with Crippen LogP contribution in [0, 0.1) is 0 Å². The van der Waals surface area contributed by atoms with Gasteiger partial charge in [-0.05, 0) is 37.2 Å². The average molecular weight is 392 g/mol. The molecule has 0 aliphatic rings. The number of halogens is 1. The van der Waals surface area contributed by atoms with E-state index < -0.39 is 0 Å². The first kappa shape index (κ1) is 23.0. The van der Waals surface area contributed by atoms with E-state index in [9.17, 15) is 4.79 Å². The highest BCUT2D eigenvalue weighted by Gasteiger charge is 2.17. The van der Waals surface area contributed by atoms with Crippen LogP contribution in [-0.4, -0.2) is 44.0 Å². The number of rotatable bonds is 11. The van der Waals surface area contributed by atoms with Crippen LogP contribution in [0.1, 0.15) is 36.2 Å². The van der Waals surface area contributed by atoms with E-state index in [4.69, 9.17) is 9.47 Å². The lowest BCUT2D eigenvalue weighted by Crippen LogP contribution is -2.28. The number of nitrogens with zero attached hydrogens (tertiary/aromatic N) is 1. The zero-order chi connectivity index (χ0) is 18.8. The summed E-state index contributed by atoms with van der Waals surface area (Å²) in [4.78, 5) is 15.1. The number of benzene rings is 2. The second-order valence-electron chi connectivity index (χ2n) is 6.12. The molecule has 27 heavy (non-hydrogen) atoms. The fourth-order valence-corrected chi connectivity index (χ4v) is 2.90. The van der Waals surface area contributed by atoms with Crippen molar-refractivity contribution in [3.63, 3.8) is 0 Å². The van der Waals surface area contributed by atoms with Crippen LogP contribution in [-0.2, 0) is 6.42 Å². The zero-order valence-electron chi connectivity index (χ0n) is 16.4. The van der Waals surface area contributed by atoms with Gasteiger partial charge in [0.25, 0.3) is 0 Å². The molecule has 0 aromatic heterocycles. The predicted molar refractivity (Wildman–Crippen MR) is 113 cm³/mol. The summed E-state index contributed by atoms with van der Waals surface area (Å²) < 4.78 is 11.4. The number of carbonyl (C=O) groups is 1. The Kier molecular flexibility index (Phi) is 10.5. The molecule has 0 aliphatic carbocycles. The maximum atomic E-state index is 12.8. The number of Topliss-reactive ketones (excluding diaryl/α,β-unsaturated/α-hetero) is 1. The monoisotopic (exact) mass is 391 g/mol. The number of para-hydroxylation sites is 1. The SMILES string of the molecule is CCN(CC)CCOc1c(OC)cccc1C(=O)CCc1ccccc1.Cl. The van der Waals surface area contributed by atoms with Crippen molar-refractivity contribution in [2.24, 2.45) is 0 Å². The van der Waals surface area contributed by atoms with E-state index in [0.29, 0.717) is 30.1 Å². The largest absolute Gasteiger partial charge is 0.493 e. The van der Waals surface area contributed by atoms with E-state index in [1.165, 1.54) is 0 Å². The lowest BCUT2D eigenvalue weighted by molar-refractivity contribution is 0.0977. The summed E-state index contributed by atoms with van der Waals surface area (Å²) in [5.74, 6) is 1.24. The molecule has 0 spiro atoms. The van der Waals surface area contributed by atoms with Gasteiger partial charge in [0, 0.05) is 13.0 Å². The minimum atomic E-state index is 0. The predicted octanol–water partition coefficient (Wildman–Crippen LogP) is 4.65. The summed E-state index contributed by atoms with van der Waals surface area (Å²) in [6.07, 6.45) is 1.17. The summed E-state index contributed by atoms with van der Waals surface area (Å²) in [6.45, 7) is 7.57. The molecule has 2 aromatic carbocycles. The minimum Gasteiger partial charge on any atom is -0.493 e. The van der Waals surface area contributed by atoms with Crippen molar-refractivity contribution >= 4 is 18.2 Å². The fourth-order valence-electron chi connectivity index (χ4n) is 2.90. The Morgan fingerprint density at radius 2 is 1.70 bits per heavy atom. The molecule has 0 N–H and O–H groups in total. The molecule has 2 aromatic rings. The van der Waals surface area contributed by atoms with Crippen LogP contribution in [0.25, 0.3) is 0 Å². The Balaban J connectivity index is 0.00000364. The molecule has 2 rings (SSSR count). The minimum absolute atomic E-state index is 0. The van der Waals surface area contributed by atoms with Crippen LogP contribution in [0.4, 0.5) is 0 Å². The van der Waals surface area contributed by atoms with E-state index in [1.54, 1.807) is 7.11 Å². The Bertz CT molecular complexity index is 687. The molecule has 0 amide bonds. The molecule has 0 fully saturated rings. The number of likely N-dealkylation sites (N-methyl/N-ethyl adjacent to an activating group) is 1. The number of ether oxygens (including phenoxy) is 2. The number of ketones is 1. The molecule has 0 heterocycles. The molecule has 0 unspecified atom stereocenters. The maximum absolute atomic E-state index is 12.8. The van der Waals surface area contributed by atoms with Crippen molar-refractivity contribution in [1.82, 2.24) is 4.90 Å². The van der Waals surface area contributed by atoms with Gasteiger partial charge in [0.15, 0.2) is 17.3 Å². The van der Waals surface area contributed by atoms with Crippen molar-refractivity contribution < 1.29 is 14.3 Å². The number of aryl methyl sites for hydroxylation is 1. The molecule has 0 saturated carbocycles. The molecular formula is C22H30ClNO3. The van der Waals surface area contributed by atoms with Gasteiger partial charge in [-0.15, -0.1) is 12.4 Å². The topological polar surface area (TPSA) is 38.8 Å². The Labute approximate surface area is 168 Å². The van der Waals surface area contributed by atoms with Crippen LogP contribution >= 0.6 is 12.4 Å². The molecule has 4 nitrogen and oxygen atoms in total. The van der Waals surface area contributed by atoms with E-state index >= 15 is 0 Å². The smallest absolute Gasteiger partial charge is 0.171 e. The Morgan fingerprint density at radius 3 is 2.33 bits per heavy atom. The van der Waals surface area contributed by atoms with Gasteiger partial charge in [0.2, 0.25) is 0 Å². The van der Waals surface area contributed by atoms with Crippen molar-refractivity contribution in [3.05, 3.63) is 59.7 Å². The molecule has 0 saturated heterocycles. The maximum Gasteiger partial charge on any atom is 0.171 e. The zero-order valence-corrected chi connectivity index (χ0v) is 17.3. The van der Waals surface area contributed by atoms with E-state index in [1.807, 2.05) is 48.5 Å². The first-order chi connectivity index (χ1) is 12.7. The molecule has 0 aliphatic heterocycles. The first-order valence-electron chi connectivity index (χ1n) is 9.28. The van der Waals surface area contributed by atoms with Crippen molar-refractivity contribution in [3.8, 4) is 11.5 Å². The number of methoxy groups -OCH3 is 1. The van der Waals surface area contributed by atoms with Gasteiger partial charge in [-0.25, -0.2) is 0 Å². The highest BCUT2D eigenvalue weighted by Crippen LogP contribution is 2.32. The van der Waals surface area contributed by atoms with Crippen molar-refractivity contribution in [2.75, 3.05) is 33.4 Å². The average Bonchev–Trinajstić information content (AvgIpc) is 2.70. The lowest BCUT2D eigenvalue weighted by atomic mass is 10.0. The molecular weight excluding hydrogens is 362 g/mol.